The lowest BCUT2D eigenvalue weighted by Gasteiger charge is -2.35. The molecule has 0 radical (unpaired) electrons. The second-order valence-corrected chi connectivity index (χ2v) is 8.92. The van der Waals surface area contributed by atoms with Crippen molar-refractivity contribution in [1.29, 1.82) is 0 Å². The first kappa shape index (κ1) is 16.5. The van der Waals surface area contributed by atoms with Gasteiger partial charge in [0, 0.05) is 32.7 Å². The molecule has 0 bridgehead atoms. The van der Waals surface area contributed by atoms with E-state index in [0.717, 1.165) is 19.6 Å². The molecule has 1 aromatic carbocycles. The van der Waals surface area contributed by atoms with Gasteiger partial charge in [-0.3, -0.25) is 9.69 Å². The minimum Gasteiger partial charge on any atom is -0.340 e. The number of piperazine rings is 1. The van der Waals surface area contributed by atoms with E-state index in [2.05, 4.69) is 36.1 Å². The van der Waals surface area contributed by atoms with Crippen LogP contribution in [0.4, 0.5) is 0 Å². The van der Waals surface area contributed by atoms with Crippen LogP contribution in [-0.2, 0) is 21.2 Å². The van der Waals surface area contributed by atoms with Gasteiger partial charge < -0.3 is 4.90 Å². The van der Waals surface area contributed by atoms with Crippen molar-refractivity contribution in [3.8, 4) is 0 Å². The molecule has 0 saturated carbocycles. The third-order valence-electron chi connectivity index (χ3n) is 4.75. The average molecular weight is 336 g/mol. The Bertz CT molecular complexity index is 679. The minimum atomic E-state index is -2.99. The fourth-order valence-corrected chi connectivity index (χ4v) is 5.18. The first-order chi connectivity index (χ1) is 10.9. The number of nitrogens with zero attached hydrogens (tertiary/aromatic N) is 2. The predicted octanol–water partition coefficient (Wildman–Crippen LogP) is 1.07. The van der Waals surface area contributed by atoms with Crippen LogP contribution in [0.1, 0.15) is 17.5 Å². The summed E-state index contributed by atoms with van der Waals surface area (Å²) in [6.45, 7) is 6.08. The standard InChI is InChI=1S/C17H24N2O3S/c1-14-3-2-4-15(11-14)12-18-6-8-19(9-7-18)17(20)16-5-10-23(21,22)13-16/h2-4,11,16H,5-10,12-13H2,1H3/t16-/m1/s1. The smallest absolute Gasteiger partial charge is 0.226 e. The highest BCUT2D eigenvalue weighted by Crippen LogP contribution is 2.21. The zero-order valence-electron chi connectivity index (χ0n) is 13.6. The third kappa shape index (κ3) is 4.12. The maximum Gasteiger partial charge on any atom is 0.226 e. The molecule has 1 aromatic rings. The summed E-state index contributed by atoms with van der Waals surface area (Å²) in [7, 11) is -2.99. The Balaban J connectivity index is 1.51. The Hall–Kier alpha value is -1.40. The maximum atomic E-state index is 12.4. The van der Waals surface area contributed by atoms with Crippen LogP contribution in [0.5, 0.6) is 0 Å². The second-order valence-electron chi connectivity index (χ2n) is 6.69. The Labute approximate surface area is 138 Å². The highest BCUT2D eigenvalue weighted by Gasteiger charge is 2.36. The van der Waals surface area contributed by atoms with Gasteiger partial charge in [0.2, 0.25) is 5.91 Å². The van der Waals surface area contributed by atoms with Gasteiger partial charge in [0.15, 0.2) is 9.84 Å². The molecule has 6 heteroatoms. The van der Waals surface area contributed by atoms with E-state index in [-0.39, 0.29) is 23.3 Å². The van der Waals surface area contributed by atoms with Crippen LogP contribution in [0.25, 0.3) is 0 Å². The van der Waals surface area contributed by atoms with Gasteiger partial charge in [-0.2, -0.15) is 0 Å². The molecule has 0 unspecified atom stereocenters. The summed E-state index contributed by atoms with van der Waals surface area (Å²) < 4.78 is 23.1. The van der Waals surface area contributed by atoms with E-state index >= 15 is 0 Å². The molecule has 3 rings (SSSR count). The van der Waals surface area contributed by atoms with E-state index in [1.54, 1.807) is 0 Å². The number of amides is 1. The van der Waals surface area contributed by atoms with Crippen LogP contribution >= 0.6 is 0 Å². The largest absolute Gasteiger partial charge is 0.340 e. The molecule has 0 N–H and O–H groups in total. The van der Waals surface area contributed by atoms with Gasteiger partial charge in [0.25, 0.3) is 0 Å². The van der Waals surface area contributed by atoms with Gasteiger partial charge in [-0.05, 0) is 18.9 Å². The van der Waals surface area contributed by atoms with Crippen molar-refractivity contribution in [1.82, 2.24) is 9.80 Å². The lowest BCUT2D eigenvalue weighted by Crippen LogP contribution is -2.50. The first-order valence-electron chi connectivity index (χ1n) is 8.20. The van der Waals surface area contributed by atoms with Crippen LogP contribution in [0, 0.1) is 12.8 Å². The molecule has 5 nitrogen and oxygen atoms in total. The van der Waals surface area contributed by atoms with E-state index in [1.807, 2.05) is 4.90 Å². The van der Waals surface area contributed by atoms with Crippen molar-refractivity contribution < 1.29 is 13.2 Å². The molecule has 0 spiro atoms. The quantitative estimate of drug-likeness (QED) is 0.829. The van der Waals surface area contributed by atoms with E-state index in [1.165, 1.54) is 11.1 Å². The lowest BCUT2D eigenvalue weighted by atomic mass is 10.1. The third-order valence-corrected chi connectivity index (χ3v) is 6.52. The molecule has 2 saturated heterocycles. The number of rotatable bonds is 3. The zero-order valence-corrected chi connectivity index (χ0v) is 14.4. The number of benzene rings is 1. The minimum absolute atomic E-state index is 0.0290. The summed E-state index contributed by atoms with van der Waals surface area (Å²) in [5, 5.41) is 0. The van der Waals surface area contributed by atoms with Crippen molar-refractivity contribution in [3.05, 3.63) is 35.4 Å². The summed E-state index contributed by atoms with van der Waals surface area (Å²) >= 11 is 0. The number of carbonyl (C=O) groups excluding carboxylic acids is 1. The van der Waals surface area contributed by atoms with Crippen LogP contribution in [-0.4, -0.2) is 61.8 Å². The molecule has 126 valence electrons. The maximum absolute atomic E-state index is 12.4. The monoisotopic (exact) mass is 336 g/mol. The molecule has 23 heavy (non-hydrogen) atoms. The van der Waals surface area contributed by atoms with Crippen LogP contribution in [0.2, 0.25) is 0 Å². The summed E-state index contributed by atoms with van der Waals surface area (Å²) in [6.07, 6.45) is 0.491. The van der Waals surface area contributed by atoms with Gasteiger partial charge in [0.05, 0.1) is 17.4 Å². The second kappa shape index (κ2) is 6.61. The Morgan fingerprint density at radius 1 is 1.22 bits per heavy atom. The van der Waals surface area contributed by atoms with E-state index < -0.39 is 9.84 Å². The van der Waals surface area contributed by atoms with Gasteiger partial charge >= 0.3 is 0 Å². The summed E-state index contributed by atoms with van der Waals surface area (Å²) in [5.41, 5.74) is 2.56. The number of carbonyl (C=O) groups is 1. The first-order valence-corrected chi connectivity index (χ1v) is 10.0. The molecule has 1 atom stereocenters. The SMILES string of the molecule is Cc1cccc(CN2CCN(C(=O)[C@@H]3CCS(=O)(=O)C3)CC2)c1. The highest BCUT2D eigenvalue weighted by molar-refractivity contribution is 7.91. The molecule has 2 heterocycles. The molecule has 1 amide bonds. The Kier molecular flexibility index (Phi) is 4.73. The zero-order chi connectivity index (χ0) is 16.4. The van der Waals surface area contributed by atoms with Crippen molar-refractivity contribution >= 4 is 15.7 Å². The van der Waals surface area contributed by atoms with Gasteiger partial charge in [-0.1, -0.05) is 29.8 Å². The van der Waals surface area contributed by atoms with Gasteiger partial charge in [-0.25, -0.2) is 8.42 Å². The lowest BCUT2D eigenvalue weighted by molar-refractivity contribution is -0.136. The normalized spacial score (nSPS) is 24.7. The molecule has 2 aliphatic heterocycles. The summed E-state index contributed by atoms with van der Waals surface area (Å²) in [5.74, 6) is -0.0869. The van der Waals surface area contributed by atoms with Crippen LogP contribution in [0.3, 0.4) is 0 Å². The van der Waals surface area contributed by atoms with Gasteiger partial charge in [0.1, 0.15) is 0 Å². The number of hydrogen-bond acceptors (Lipinski definition) is 4. The van der Waals surface area contributed by atoms with E-state index in [0.29, 0.717) is 19.5 Å². The average Bonchev–Trinajstić information content (AvgIpc) is 2.87. The fraction of sp³-hybridized carbons (Fsp3) is 0.588. The van der Waals surface area contributed by atoms with E-state index in [9.17, 15) is 13.2 Å². The number of aryl methyl sites for hydroxylation is 1. The Morgan fingerprint density at radius 3 is 2.57 bits per heavy atom. The topological polar surface area (TPSA) is 57.7 Å². The molecular formula is C17H24N2O3S. The van der Waals surface area contributed by atoms with Crippen molar-refractivity contribution in [3.63, 3.8) is 0 Å². The van der Waals surface area contributed by atoms with Crippen molar-refractivity contribution in [2.24, 2.45) is 5.92 Å². The van der Waals surface area contributed by atoms with Crippen molar-refractivity contribution in [2.75, 3.05) is 37.7 Å². The molecular weight excluding hydrogens is 312 g/mol. The Morgan fingerprint density at radius 2 is 1.96 bits per heavy atom. The molecule has 0 aliphatic carbocycles. The van der Waals surface area contributed by atoms with E-state index in [4.69, 9.17) is 0 Å². The van der Waals surface area contributed by atoms with Gasteiger partial charge in [-0.15, -0.1) is 0 Å². The van der Waals surface area contributed by atoms with Crippen molar-refractivity contribution in [2.45, 2.75) is 19.9 Å². The molecule has 0 aromatic heterocycles. The highest BCUT2D eigenvalue weighted by atomic mass is 32.2. The summed E-state index contributed by atoms with van der Waals surface area (Å²) in [6, 6.07) is 8.50. The number of hydrogen-bond donors (Lipinski definition) is 0. The fourth-order valence-electron chi connectivity index (χ4n) is 3.44. The predicted molar refractivity (Wildman–Crippen MR) is 89.8 cm³/mol. The van der Waals surface area contributed by atoms with Crippen LogP contribution in [0.15, 0.2) is 24.3 Å². The summed E-state index contributed by atoms with van der Waals surface area (Å²) in [4.78, 5) is 16.6. The molecule has 2 aliphatic rings. The number of sulfone groups is 1. The molecule has 2 fully saturated rings. The van der Waals surface area contributed by atoms with Crippen LogP contribution < -0.4 is 0 Å².